The Kier molecular flexibility index (Phi) is 3.46. The Morgan fingerprint density at radius 2 is 1.89 bits per heavy atom. The van der Waals surface area contributed by atoms with Gasteiger partial charge in [-0.1, -0.05) is 37.5 Å². The van der Waals surface area contributed by atoms with Crippen LogP contribution >= 0.6 is 0 Å². The number of fused-ring (bicyclic) bond motifs is 1. The number of hydrogen-bond acceptors (Lipinski definition) is 2. The zero-order chi connectivity index (χ0) is 13.1. The Labute approximate surface area is 116 Å². The number of aryl methyl sites for hydroxylation is 1. The molecule has 1 aliphatic carbocycles. The molecule has 19 heavy (non-hydrogen) atoms. The average Bonchev–Trinajstić information content (AvgIpc) is 2.49. The van der Waals surface area contributed by atoms with Gasteiger partial charge in [-0.25, -0.2) is 0 Å². The number of para-hydroxylation sites is 1. The first-order chi connectivity index (χ1) is 9.33. The SMILES string of the molecule is N#CC1(CN2CCCc3ccccc32)CCCCC1. The molecule has 0 bridgehead atoms. The van der Waals surface area contributed by atoms with Gasteiger partial charge >= 0.3 is 0 Å². The van der Waals surface area contributed by atoms with Gasteiger partial charge in [-0.2, -0.15) is 5.26 Å². The highest BCUT2D eigenvalue weighted by Crippen LogP contribution is 2.38. The molecule has 0 amide bonds. The normalized spacial score (nSPS) is 21.5. The van der Waals surface area contributed by atoms with Crippen molar-refractivity contribution in [2.45, 2.75) is 44.9 Å². The Balaban J connectivity index is 1.82. The van der Waals surface area contributed by atoms with Crippen molar-refractivity contribution in [2.24, 2.45) is 5.41 Å². The predicted octanol–water partition coefficient (Wildman–Crippen LogP) is 3.91. The third kappa shape index (κ3) is 2.47. The van der Waals surface area contributed by atoms with Crippen LogP contribution in [-0.4, -0.2) is 13.1 Å². The smallest absolute Gasteiger partial charge is 0.0748 e. The summed E-state index contributed by atoms with van der Waals surface area (Å²) in [5.74, 6) is 0. The largest absolute Gasteiger partial charge is 0.370 e. The van der Waals surface area contributed by atoms with Crippen LogP contribution in [0.1, 0.15) is 44.1 Å². The maximum absolute atomic E-state index is 9.64. The second-order valence-electron chi connectivity index (χ2n) is 6.11. The molecule has 2 nitrogen and oxygen atoms in total. The van der Waals surface area contributed by atoms with Gasteiger partial charge in [-0.3, -0.25) is 0 Å². The van der Waals surface area contributed by atoms with Crippen molar-refractivity contribution in [2.75, 3.05) is 18.0 Å². The molecule has 0 atom stereocenters. The highest BCUT2D eigenvalue weighted by Gasteiger charge is 2.35. The van der Waals surface area contributed by atoms with Gasteiger partial charge in [0.05, 0.1) is 11.5 Å². The Morgan fingerprint density at radius 3 is 2.68 bits per heavy atom. The molecule has 0 aromatic heterocycles. The molecule has 1 aromatic carbocycles. The highest BCUT2D eigenvalue weighted by molar-refractivity contribution is 5.55. The van der Waals surface area contributed by atoms with E-state index < -0.39 is 0 Å². The van der Waals surface area contributed by atoms with E-state index in [0.29, 0.717) is 0 Å². The summed E-state index contributed by atoms with van der Waals surface area (Å²) < 4.78 is 0. The van der Waals surface area contributed by atoms with Crippen LogP contribution in [0, 0.1) is 16.7 Å². The molecule has 1 saturated carbocycles. The average molecular weight is 254 g/mol. The fraction of sp³-hybridized carbons (Fsp3) is 0.588. The minimum atomic E-state index is -0.0945. The molecule has 1 aliphatic heterocycles. The summed E-state index contributed by atoms with van der Waals surface area (Å²) in [6, 6.07) is 11.4. The van der Waals surface area contributed by atoms with Gasteiger partial charge in [-0.15, -0.1) is 0 Å². The highest BCUT2D eigenvalue weighted by atomic mass is 15.1. The van der Waals surface area contributed by atoms with Gasteiger partial charge < -0.3 is 4.90 Å². The molecule has 0 saturated heterocycles. The summed E-state index contributed by atoms with van der Waals surface area (Å²) in [7, 11) is 0. The Bertz CT molecular complexity index is 480. The zero-order valence-corrected chi connectivity index (χ0v) is 11.6. The standard InChI is InChI=1S/C17H22N2/c18-13-17(10-4-1-5-11-17)14-19-12-6-8-15-7-2-3-9-16(15)19/h2-3,7,9H,1,4-6,8,10-12,14H2. The first-order valence-electron chi connectivity index (χ1n) is 7.57. The van der Waals surface area contributed by atoms with E-state index in [-0.39, 0.29) is 5.41 Å². The van der Waals surface area contributed by atoms with Crippen LogP contribution in [0.25, 0.3) is 0 Å². The zero-order valence-electron chi connectivity index (χ0n) is 11.6. The van der Waals surface area contributed by atoms with E-state index in [2.05, 4.69) is 35.2 Å². The van der Waals surface area contributed by atoms with Gasteiger partial charge in [0, 0.05) is 18.8 Å². The van der Waals surface area contributed by atoms with E-state index in [9.17, 15) is 5.26 Å². The van der Waals surface area contributed by atoms with Gasteiger partial charge in [0.1, 0.15) is 0 Å². The van der Waals surface area contributed by atoms with Crippen LogP contribution in [-0.2, 0) is 6.42 Å². The van der Waals surface area contributed by atoms with Crippen LogP contribution in [0.3, 0.4) is 0 Å². The van der Waals surface area contributed by atoms with E-state index in [0.717, 1.165) is 25.9 Å². The molecule has 100 valence electrons. The van der Waals surface area contributed by atoms with Gasteiger partial charge in [0.2, 0.25) is 0 Å². The third-order valence-corrected chi connectivity index (χ3v) is 4.75. The summed E-state index contributed by atoms with van der Waals surface area (Å²) in [5.41, 5.74) is 2.73. The third-order valence-electron chi connectivity index (χ3n) is 4.75. The van der Waals surface area contributed by atoms with E-state index in [1.165, 1.54) is 43.4 Å². The molecular weight excluding hydrogens is 232 g/mol. The molecule has 2 heteroatoms. The molecular formula is C17H22N2. The number of benzene rings is 1. The Morgan fingerprint density at radius 1 is 1.11 bits per heavy atom. The van der Waals surface area contributed by atoms with Crippen LogP contribution < -0.4 is 4.90 Å². The molecule has 1 heterocycles. The van der Waals surface area contributed by atoms with Gasteiger partial charge in [0.15, 0.2) is 0 Å². The Hall–Kier alpha value is -1.49. The number of nitriles is 1. The molecule has 1 aromatic rings. The summed E-state index contributed by atoms with van der Waals surface area (Å²) in [4.78, 5) is 2.47. The van der Waals surface area contributed by atoms with Crippen molar-refractivity contribution < 1.29 is 0 Å². The first kappa shape index (κ1) is 12.5. The van der Waals surface area contributed by atoms with Crippen molar-refractivity contribution >= 4 is 5.69 Å². The maximum atomic E-state index is 9.64. The molecule has 1 fully saturated rings. The molecule has 0 spiro atoms. The molecule has 0 N–H and O–H groups in total. The first-order valence-corrected chi connectivity index (χ1v) is 7.57. The molecule has 0 unspecified atom stereocenters. The van der Waals surface area contributed by atoms with E-state index in [4.69, 9.17) is 0 Å². The predicted molar refractivity (Wildman–Crippen MR) is 78.1 cm³/mol. The quantitative estimate of drug-likeness (QED) is 0.800. The van der Waals surface area contributed by atoms with Crippen molar-refractivity contribution in [3.8, 4) is 6.07 Å². The van der Waals surface area contributed by atoms with Gasteiger partial charge in [-0.05, 0) is 37.3 Å². The fourth-order valence-corrected chi connectivity index (χ4v) is 3.67. The second-order valence-corrected chi connectivity index (χ2v) is 6.11. The molecule has 3 rings (SSSR count). The molecule has 2 aliphatic rings. The van der Waals surface area contributed by atoms with Crippen molar-refractivity contribution in [1.29, 1.82) is 5.26 Å². The van der Waals surface area contributed by atoms with Crippen LogP contribution in [0.4, 0.5) is 5.69 Å². The lowest BCUT2D eigenvalue weighted by atomic mass is 9.74. The van der Waals surface area contributed by atoms with Crippen LogP contribution in [0.5, 0.6) is 0 Å². The minimum absolute atomic E-state index is 0.0945. The van der Waals surface area contributed by atoms with E-state index in [1.54, 1.807) is 0 Å². The summed E-state index contributed by atoms with van der Waals surface area (Å²) in [6.45, 7) is 2.04. The number of rotatable bonds is 2. The number of nitrogens with zero attached hydrogens (tertiary/aromatic N) is 2. The summed E-state index contributed by atoms with van der Waals surface area (Å²) in [5, 5.41) is 9.64. The lowest BCUT2D eigenvalue weighted by molar-refractivity contribution is 0.269. The summed E-state index contributed by atoms with van der Waals surface area (Å²) >= 11 is 0. The topological polar surface area (TPSA) is 27.0 Å². The number of hydrogen-bond donors (Lipinski definition) is 0. The van der Waals surface area contributed by atoms with Crippen molar-refractivity contribution in [1.82, 2.24) is 0 Å². The fourth-order valence-electron chi connectivity index (χ4n) is 3.67. The molecule has 0 radical (unpaired) electrons. The lowest BCUT2D eigenvalue weighted by Gasteiger charge is -2.39. The van der Waals surface area contributed by atoms with E-state index >= 15 is 0 Å². The van der Waals surface area contributed by atoms with Crippen LogP contribution in [0.15, 0.2) is 24.3 Å². The lowest BCUT2D eigenvalue weighted by Crippen LogP contribution is -2.40. The van der Waals surface area contributed by atoms with Crippen LogP contribution in [0.2, 0.25) is 0 Å². The maximum Gasteiger partial charge on any atom is 0.0748 e. The van der Waals surface area contributed by atoms with Crippen molar-refractivity contribution in [3.05, 3.63) is 29.8 Å². The van der Waals surface area contributed by atoms with E-state index in [1.807, 2.05) is 0 Å². The minimum Gasteiger partial charge on any atom is -0.370 e. The van der Waals surface area contributed by atoms with Gasteiger partial charge in [0.25, 0.3) is 0 Å². The number of anilines is 1. The van der Waals surface area contributed by atoms with Crippen molar-refractivity contribution in [3.63, 3.8) is 0 Å². The second kappa shape index (κ2) is 5.25. The monoisotopic (exact) mass is 254 g/mol. The summed E-state index contributed by atoms with van der Waals surface area (Å²) in [6.07, 6.45) is 8.33.